The molecular weight excluding hydrogens is 226 g/mol. The standard InChI is InChI=1S/C11H11NO3S/c1-2-15-12-10(13)7-3-4-9-8(5-7)6-16-11(9)14/h3-5H,2,6H2,1H3,(H,12,13). The molecular formula is C11H11NO3S. The number of nitrogens with one attached hydrogen (secondary N) is 1. The van der Waals surface area contributed by atoms with Crippen LogP contribution < -0.4 is 5.48 Å². The van der Waals surface area contributed by atoms with Gasteiger partial charge >= 0.3 is 0 Å². The third kappa shape index (κ3) is 2.10. The highest BCUT2D eigenvalue weighted by Gasteiger charge is 2.21. The normalized spacial score (nSPS) is 13.7. The van der Waals surface area contributed by atoms with Crippen LogP contribution in [-0.2, 0) is 10.6 Å². The molecule has 0 atom stereocenters. The van der Waals surface area contributed by atoms with Crippen LogP contribution in [0.25, 0.3) is 0 Å². The molecule has 5 heteroatoms. The molecule has 84 valence electrons. The number of carbonyl (C=O) groups excluding carboxylic acids is 2. The van der Waals surface area contributed by atoms with E-state index in [1.54, 1.807) is 25.1 Å². The Labute approximate surface area is 97.3 Å². The molecule has 0 aromatic heterocycles. The molecule has 0 aliphatic carbocycles. The molecule has 1 N–H and O–H groups in total. The van der Waals surface area contributed by atoms with Gasteiger partial charge in [-0.1, -0.05) is 11.8 Å². The summed E-state index contributed by atoms with van der Waals surface area (Å²) in [4.78, 5) is 27.7. The number of rotatable bonds is 3. The number of amides is 1. The maximum absolute atomic E-state index is 11.6. The maximum atomic E-state index is 11.6. The molecule has 1 amide bonds. The second-order valence-electron chi connectivity index (χ2n) is 3.31. The fourth-order valence-electron chi connectivity index (χ4n) is 1.47. The molecule has 4 nitrogen and oxygen atoms in total. The molecule has 0 unspecified atom stereocenters. The molecule has 1 aliphatic rings. The molecule has 16 heavy (non-hydrogen) atoms. The van der Waals surface area contributed by atoms with E-state index in [1.807, 2.05) is 0 Å². The Morgan fingerprint density at radius 1 is 1.56 bits per heavy atom. The van der Waals surface area contributed by atoms with Crippen LogP contribution >= 0.6 is 11.8 Å². The van der Waals surface area contributed by atoms with E-state index in [-0.39, 0.29) is 11.0 Å². The Hall–Kier alpha value is -1.33. The SMILES string of the molecule is CCONC(=O)c1ccc2c(c1)CSC2=O. The van der Waals surface area contributed by atoms with Crippen molar-refractivity contribution in [2.45, 2.75) is 12.7 Å². The number of hydrogen-bond donors (Lipinski definition) is 1. The molecule has 0 radical (unpaired) electrons. The van der Waals surface area contributed by atoms with Crippen LogP contribution in [0.1, 0.15) is 33.2 Å². The number of thioether (sulfide) groups is 1. The zero-order valence-corrected chi connectivity index (χ0v) is 9.60. The monoisotopic (exact) mass is 237 g/mol. The smallest absolute Gasteiger partial charge is 0.274 e. The quantitative estimate of drug-likeness (QED) is 0.814. The highest BCUT2D eigenvalue weighted by atomic mass is 32.2. The van der Waals surface area contributed by atoms with E-state index < -0.39 is 0 Å². The fraction of sp³-hybridized carbons (Fsp3) is 0.273. The minimum absolute atomic E-state index is 0.0757. The van der Waals surface area contributed by atoms with Gasteiger partial charge in [-0.25, -0.2) is 5.48 Å². The molecule has 1 aromatic carbocycles. The third-order valence-electron chi connectivity index (χ3n) is 2.26. The van der Waals surface area contributed by atoms with E-state index in [2.05, 4.69) is 5.48 Å². The molecule has 0 saturated carbocycles. The van der Waals surface area contributed by atoms with Crippen molar-refractivity contribution >= 4 is 22.8 Å². The summed E-state index contributed by atoms with van der Waals surface area (Å²) in [7, 11) is 0. The summed E-state index contributed by atoms with van der Waals surface area (Å²) < 4.78 is 0. The molecule has 0 fully saturated rings. The van der Waals surface area contributed by atoms with Crippen molar-refractivity contribution in [2.75, 3.05) is 6.61 Å². The van der Waals surface area contributed by atoms with E-state index >= 15 is 0 Å². The molecule has 1 aromatic rings. The van der Waals surface area contributed by atoms with Crippen LogP contribution in [0, 0.1) is 0 Å². The molecule has 0 spiro atoms. The summed E-state index contributed by atoms with van der Waals surface area (Å²) >= 11 is 1.26. The highest BCUT2D eigenvalue weighted by Crippen LogP contribution is 2.30. The van der Waals surface area contributed by atoms with Crippen LogP contribution in [-0.4, -0.2) is 17.6 Å². The Kier molecular flexibility index (Phi) is 3.26. The summed E-state index contributed by atoms with van der Waals surface area (Å²) in [5, 5.41) is 0.0757. The summed E-state index contributed by atoms with van der Waals surface area (Å²) in [6.07, 6.45) is 0. The van der Waals surface area contributed by atoms with Crippen LogP contribution in [0.15, 0.2) is 18.2 Å². The average Bonchev–Trinajstić information content (AvgIpc) is 2.67. The van der Waals surface area contributed by atoms with E-state index in [9.17, 15) is 9.59 Å². The van der Waals surface area contributed by atoms with Crippen LogP contribution in [0.5, 0.6) is 0 Å². The Morgan fingerprint density at radius 3 is 3.12 bits per heavy atom. The lowest BCUT2D eigenvalue weighted by molar-refractivity contribution is 0.0364. The van der Waals surface area contributed by atoms with Crippen molar-refractivity contribution in [3.8, 4) is 0 Å². The van der Waals surface area contributed by atoms with Crippen molar-refractivity contribution in [2.24, 2.45) is 0 Å². The van der Waals surface area contributed by atoms with Gasteiger partial charge in [-0.3, -0.25) is 14.4 Å². The van der Waals surface area contributed by atoms with Crippen LogP contribution in [0.4, 0.5) is 0 Å². The third-order valence-corrected chi connectivity index (χ3v) is 3.19. The maximum Gasteiger partial charge on any atom is 0.274 e. The van der Waals surface area contributed by atoms with Gasteiger partial charge in [-0.15, -0.1) is 0 Å². The Bertz CT molecular complexity index is 445. The van der Waals surface area contributed by atoms with Gasteiger partial charge in [-0.2, -0.15) is 0 Å². The number of carbonyl (C=O) groups is 2. The lowest BCUT2D eigenvalue weighted by atomic mass is 10.1. The lowest BCUT2D eigenvalue weighted by Gasteiger charge is -2.04. The minimum Gasteiger partial charge on any atom is -0.282 e. The van der Waals surface area contributed by atoms with Gasteiger partial charge in [0.15, 0.2) is 0 Å². The van der Waals surface area contributed by atoms with Crippen LogP contribution in [0.2, 0.25) is 0 Å². The van der Waals surface area contributed by atoms with E-state index in [1.165, 1.54) is 11.8 Å². The van der Waals surface area contributed by atoms with Gasteiger partial charge < -0.3 is 0 Å². The first-order chi connectivity index (χ1) is 7.72. The first-order valence-electron chi connectivity index (χ1n) is 4.94. The van der Waals surface area contributed by atoms with Crippen molar-refractivity contribution in [3.63, 3.8) is 0 Å². The van der Waals surface area contributed by atoms with Gasteiger partial charge in [0.25, 0.3) is 5.91 Å². The van der Waals surface area contributed by atoms with Crippen molar-refractivity contribution in [1.29, 1.82) is 0 Å². The molecule has 1 heterocycles. The van der Waals surface area contributed by atoms with E-state index in [4.69, 9.17) is 4.84 Å². The van der Waals surface area contributed by atoms with Gasteiger partial charge in [0.1, 0.15) is 0 Å². The number of benzene rings is 1. The van der Waals surface area contributed by atoms with Crippen molar-refractivity contribution in [3.05, 3.63) is 34.9 Å². The minimum atomic E-state index is -0.283. The zero-order valence-electron chi connectivity index (χ0n) is 8.78. The Balaban J connectivity index is 2.19. The van der Waals surface area contributed by atoms with Gasteiger partial charge in [0, 0.05) is 16.9 Å². The fourth-order valence-corrected chi connectivity index (χ4v) is 2.35. The van der Waals surface area contributed by atoms with Gasteiger partial charge in [0.2, 0.25) is 5.12 Å². The zero-order chi connectivity index (χ0) is 11.5. The van der Waals surface area contributed by atoms with Crippen LogP contribution in [0.3, 0.4) is 0 Å². The average molecular weight is 237 g/mol. The van der Waals surface area contributed by atoms with E-state index in [0.29, 0.717) is 23.5 Å². The summed E-state index contributed by atoms with van der Waals surface area (Å²) in [5.41, 5.74) is 4.46. The van der Waals surface area contributed by atoms with Gasteiger partial charge in [0.05, 0.1) is 6.61 Å². The largest absolute Gasteiger partial charge is 0.282 e. The Morgan fingerprint density at radius 2 is 2.38 bits per heavy atom. The first kappa shape index (κ1) is 11.2. The summed E-state index contributed by atoms with van der Waals surface area (Å²) in [6.45, 7) is 2.21. The van der Waals surface area contributed by atoms with E-state index in [0.717, 1.165) is 5.56 Å². The van der Waals surface area contributed by atoms with Crippen molar-refractivity contribution < 1.29 is 14.4 Å². The predicted octanol–water partition coefficient (Wildman–Crippen LogP) is 1.75. The summed E-state index contributed by atoms with van der Waals surface area (Å²) in [6, 6.07) is 5.07. The van der Waals surface area contributed by atoms with Crippen molar-refractivity contribution in [1.82, 2.24) is 5.48 Å². The molecule has 0 saturated heterocycles. The van der Waals surface area contributed by atoms with Gasteiger partial charge in [-0.05, 0) is 30.7 Å². The summed E-state index contributed by atoms with van der Waals surface area (Å²) in [5.74, 6) is 0.359. The second-order valence-corrected chi connectivity index (χ2v) is 4.26. The predicted molar refractivity (Wildman–Crippen MR) is 61.2 cm³/mol. The number of fused-ring (bicyclic) bond motifs is 1. The number of hydrogen-bond acceptors (Lipinski definition) is 4. The highest BCUT2D eigenvalue weighted by molar-refractivity contribution is 8.13. The topological polar surface area (TPSA) is 55.4 Å². The number of hydroxylamine groups is 1. The molecule has 0 bridgehead atoms. The molecule has 1 aliphatic heterocycles. The first-order valence-corrected chi connectivity index (χ1v) is 5.93. The lowest BCUT2D eigenvalue weighted by Crippen LogP contribution is -2.23. The second kappa shape index (κ2) is 4.67. The molecule has 2 rings (SSSR count).